The molecule has 0 atom stereocenters. The molecule has 0 amide bonds. The maximum atomic E-state index is 7.57. The van der Waals surface area contributed by atoms with Gasteiger partial charge in [-0.1, -0.05) is 41.4 Å². The van der Waals surface area contributed by atoms with E-state index in [4.69, 9.17) is 10.1 Å². The van der Waals surface area contributed by atoms with E-state index in [9.17, 15) is 0 Å². The van der Waals surface area contributed by atoms with Gasteiger partial charge in [-0.25, -0.2) is 9.89 Å². The molecule has 4 rings (SSSR count). The Balaban J connectivity index is 0.000000569. The first-order chi connectivity index (χ1) is 12.3. The fourth-order valence-electron chi connectivity index (χ4n) is 3.16. The molecule has 4 nitrogen and oxygen atoms in total. The first-order valence-electron chi connectivity index (χ1n) is 9.08. The zero-order chi connectivity index (χ0) is 17.5. The predicted molar refractivity (Wildman–Crippen MR) is 105 cm³/mol. The molecule has 2 aliphatic rings. The minimum Gasteiger partial charge on any atom is -0.397 e. The molecule has 0 aliphatic carbocycles. The van der Waals surface area contributed by atoms with Crippen LogP contribution in [0.5, 0.6) is 0 Å². The summed E-state index contributed by atoms with van der Waals surface area (Å²) in [5.41, 5.74) is 4.57. The third kappa shape index (κ3) is 4.15. The van der Waals surface area contributed by atoms with E-state index >= 15 is 0 Å². The molecule has 4 heteroatoms. The van der Waals surface area contributed by atoms with E-state index in [1.807, 2.05) is 0 Å². The lowest BCUT2D eigenvalue weighted by atomic mass is 10.0. The van der Waals surface area contributed by atoms with Gasteiger partial charge in [0, 0.05) is 23.9 Å². The van der Waals surface area contributed by atoms with E-state index in [1.165, 1.54) is 30.4 Å². The highest BCUT2D eigenvalue weighted by Crippen LogP contribution is 2.37. The molecule has 2 heterocycles. The number of guanidine groups is 1. The van der Waals surface area contributed by atoms with Crippen molar-refractivity contribution >= 4 is 23.5 Å². The second kappa shape index (κ2) is 8.58. The minimum absolute atomic E-state index is 0.250. The van der Waals surface area contributed by atoms with Crippen molar-refractivity contribution in [3.05, 3.63) is 48.5 Å². The predicted octanol–water partition coefficient (Wildman–Crippen LogP) is 4.42. The Labute approximate surface area is 149 Å². The Kier molecular flexibility index (Phi) is 5.96. The van der Waals surface area contributed by atoms with Crippen LogP contribution in [0.15, 0.2) is 53.5 Å². The molecule has 0 spiro atoms. The molecule has 2 aromatic carbocycles. The van der Waals surface area contributed by atoms with Crippen LogP contribution >= 0.6 is 0 Å². The molecule has 0 bridgehead atoms. The molecule has 130 valence electrons. The van der Waals surface area contributed by atoms with Gasteiger partial charge in [-0.2, -0.15) is 0 Å². The van der Waals surface area contributed by atoms with Crippen molar-refractivity contribution in [3.63, 3.8) is 0 Å². The average Bonchev–Trinajstić information content (AvgIpc) is 3.00. The summed E-state index contributed by atoms with van der Waals surface area (Å²) in [5, 5.41) is 11.1. The van der Waals surface area contributed by atoms with E-state index in [0.717, 1.165) is 30.3 Å². The van der Waals surface area contributed by atoms with E-state index in [1.54, 1.807) is 6.92 Å². The molecule has 2 N–H and O–H groups in total. The summed E-state index contributed by atoms with van der Waals surface area (Å²) in [5.74, 6) is 0.944. The number of fused-ring (bicyclic) bond motifs is 3. The number of rotatable bonds is 0. The highest BCUT2D eigenvalue weighted by Gasteiger charge is 2.24. The number of para-hydroxylation sites is 2. The monoisotopic (exact) mass is 336 g/mol. The van der Waals surface area contributed by atoms with Gasteiger partial charge in [0.05, 0.1) is 6.54 Å². The number of benzene rings is 2. The molecule has 2 aromatic rings. The van der Waals surface area contributed by atoms with E-state index in [0.29, 0.717) is 0 Å². The van der Waals surface area contributed by atoms with Crippen molar-refractivity contribution in [1.82, 2.24) is 0 Å². The summed E-state index contributed by atoms with van der Waals surface area (Å²) in [7, 11) is 0. The SMILES string of the molecule is C1=[N+](C2=Nc3ccccc3-c3ccccc3N2)CCCCC1.CCO. The van der Waals surface area contributed by atoms with Crippen molar-refractivity contribution in [1.29, 1.82) is 0 Å². The molecular formula is C21H26N3O+. The van der Waals surface area contributed by atoms with Gasteiger partial charge in [0.1, 0.15) is 11.4 Å². The van der Waals surface area contributed by atoms with Crippen LogP contribution < -0.4 is 5.32 Å². The summed E-state index contributed by atoms with van der Waals surface area (Å²) in [6, 6.07) is 16.8. The van der Waals surface area contributed by atoms with Crippen molar-refractivity contribution in [3.8, 4) is 11.1 Å². The van der Waals surface area contributed by atoms with Crippen LogP contribution in [0.1, 0.15) is 32.6 Å². The Bertz CT molecular complexity index is 780. The summed E-state index contributed by atoms with van der Waals surface area (Å²) in [6.07, 6.45) is 7.21. The fourth-order valence-corrected chi connectivity index (χ4v) is 3.16. The number of aliphatic hydroxyl groups excluding tert-OH is 1. The van der Waals surface area contributed by atoms with Gasteiger partial charge in [-0.3, -0.25) is 0 Å². The molecule has 0 fully saturated rings. The van der Waals surface area contributed by atoms with Crippen molar-refractivity contribution in [2.75, 3.05) is 18.5 Å². The van der Waals surface area contributed by atoms with Crippen LogP contribution in [0.3, 0.4) is 0 Å². The fraction of sp³-hybridized carbons (Fsp3) is 0.333. The summed E-state index contributed by atoms with van der Waals surface area (Å²) in [6.45, 7) is 2.97. The van der Waals surface area contributed by atoms with Gasteiger partial charge >= 0.3 is 5.96 Å². The number of nitrogens with one attached hydrogen (secondary N) is 1. The number of hydrogen-bond acceptors (Lipinski definition) is 3. The minimum atomic E-state index is 0.250. The molecule has 25 heavy (non-hydrogen) atoms. The number of hydrogen-bond donors (Lipinski definition) is 2. The van der Waals surface area contributed by atoms with Crippen LogP contribution in [-0.2, 0) is 0 Å². The average molecular weight is 336 g/mol. The topological polar surface area (TPSA) is 47.6 Å². The lowest BCUT2D eigenvalue weighted by Gasteiger charge is -2.08. The Morgan fingerprint density at radius 3 is 2.56 bits per heavy atom. The Morgan fingerprint density at radius 1 is 1.00 bits per heavy atom. The van der Waals surface area contributed by atoms with Crippen molar-refractivity contribution in [2.24, 2.45) is 4.99 Å². The van der Waals surface area contributed by atoms with Gasteiger partial charge in [0.15, 0.2) is 0 Å². The quantitative estimate of drug-likeness (QED) is 0.700. The molecule has 0 unspecified atom stereocenters. The van der Waals surface area contributed by atoms with Crippen LogP contribution in [-0.4, -0.2) is 35.0 Å². The van der Waals surface area contributed by atoms with Crippen LogP contribution in [0, 0.1) is 0 Å². The third-order valence-electron chi connectivity index (χ3n) is 4.32. The zero-order valence-electron chi connectivity index (χ0n) is 14.8. The summed E-state index contributed by atoms with van der Waals surface area (Å²) < 4.78 is 2.28. The van der Waals surface area contributed by atoms with Gasteiger partial charge in [-0.05, 0) is 44.7 Å². The van der Waals surface area contributed by atoms with Crippen molar-refractivity contribution < 1.29 is 9.68 Å². The number of aliphatic imine (C=N–C) groups is 1. The molecular weight excluding hydrogens is 310 g/mol. The van der Waals surface area contributed by atoms with E-state index < -0.39 is 0 Å². The molecule has 2 aliphatic heterocycles. The second-order valence-electron chi connectivity index (χ2n) is 6.16. The van der Waals surface area contributed by atoms with E-state index in [-0.39, 0.29) is 6.61 Å². The summed E-state index contributed by atoms with van der Waals surface area (Å²) >= 11 is 0. The zero-order valence-corrected chi connectivity index (χ0v) is 14.8. The first kappa shape index (κ1) is 17.4. The number of nitrogens with zero attached hydrogens (tertiary/aromatic N) is 2. The van der Waals surface area contributed by atoms with Crippen molar-refractivity contribution in [2.45, 2.75) is 32.6 Å². The van der Waals surface area contributed by atoms with E-state index in [2.05, 4.69) is 64.6 Å². The molecule has 0 saturated carbocycles. The highest BCUT2D eigenvalue weighted by atomic mass is 16.2. The largest absolute Gasteiger partial charge is 0.397 e. The van der Waals surface area contributed by atoms with Gasteiger partial charge in [0.2, 0.25) is 0 Å². The standard InChI is InChI=1S/C19H20N3.C2H6O/c1-2-8-14-22(13-7-1)19-20-17-11-5-3-9-15(17)16-10-4-6-12-18(16)21-19;1-2-3/h3-6,9-13H,1-2,7-8,14H2,(H,20,21);3H,2H2,1H3/q+1;. The maximum absolute atomic E-state index is 7.57. The molecule has 0 radical (unpaired) electrons. The Morgan fingerprint density at radius 2 is 1.72 bits per heavy atom. The lowest BCUT2D eigenvalue weighted by molar-refractivity contribution is -0.403. The van der Waals surface area contributed by atoms with Crippen LogP contribution in [0.4, 0.5) is 11.4 Å². The molecule has 0 aromatic heterocycles. The smallest absolute Gasteiger partial charge is 0.396 e. The van der Waals surface area contributed by atoms with Crippen LogP contribution in [0.25, 0.3) is 11.1 Å². The maximum Gasteiger partial charge on any atom is 0.396 e. The van der Waals surface area contributed by atoms with Gasteiger partial charge in [-0.15, -0.1) is 0 Å². The van der Waals surface area contributed by atoms with Gasteiger partial charge in [0.25, 0.3) is 0 Å². The first-order valence-corrected chi connectivity index (χ1v) is 9.08. The second-order valence-corrected chi connectivity index (χ2v) is 6.16. The number of anilines is 1. The highest BCUT2D eigenvalue weighted by molar-refractivity contribution is 6.00. The van der Waals surface area contributed by atoms with Gasteiger partial charge < -0.3 is 5.11 Å². The summed E-state index contributed by atoms with van der Waals surface area (Å²) in [4.78, 5) is 4.92. The lowest BCUT2D eigenvalue weighted by Crippen LogP contribution is -2.29. The number of aliphatic hydroxyl groups is 1. The Hall–Kier alpha value is -2.46. The van der Waals surface area contributed by atoms with Crippen LogP contribution in [0.2, 0.25) is 0 Å². The third-order valence-corrected chi connectivity index (χ3v) is 4.32. The normalized spacial score (nSPS) is 15.8. The molecule has 0 saturated heterocycles.